The summed E-state index contributed by atoms with van der Waals surface area (Å²) in [4.78, 5) is 0. The zero-order valence-corrected chi connectivity index (χ0v) is 14.9. The molecule has 2 aromatic carbocycles. The number of aliphatic hydroxyl groups excluding tert-OH is 1. The summed E-state index contributed by atoms with van der Waals surface area (Å²) in [7, 11) is 0. The van der Waals surface area contributed by atoms with Gasteiger partial charge in [-0.3, -0.25) is 5.41 Å². The Kier molecular flexibility index (Phi) is 5.86. The molecule has 0 fully saturated rings. The van der Waals surface area contributed by atoms with E-state index in [1.165, 1.54) is 5.56 Å². The molecule has 1 aromatic heterocycles. The second-order valence-corrected chi connectivity index (χ2v) is 6.00. The van der Waals surface area contributed by atoms with E-state index < -0.39 is 6.10 Å². The van der Waals surface area contributed by atoms with Crippen LogP contribution in [-0.4, -0.2) is 14.2 Å². The maximum Gasteiger partial charge on any atom is 0.203 e. The van der Waals surface area contributed by atoms with Gasteiger partial charge in [0.25, 0.3) is 0 Å². The zero-order valence-electron chi connectivity index (χ0n) is 14.1. The first-order chi connectivity index (χ1) is 11.1. The molecule has 5 heteroatoms. The van der Waals surface area contributed by atoms with Crippen LogP contribution in [0.3, 0.4) is 0 Å². The summed E-state index contributed by atoms with van der Waals surface area (Å²) in [6, 6.07) is 15.9. The van der Waals surface area contributed by atoms with Gasteiger partial charge in [0, 0.05) is 6.54 Å². The fraction of sp³-hybridized carbons (Fsp3) is 0.316. The first kappa shape index (κ1) is 18.3. The molecule has 0 saturated carbocycles. The van der Waals surface area contributed by atoms with Gasteiger partial charge < -0.3 is 14.2 Å². The van der Waals surface area contributed by atoms with E-state index in [-0.39, 0.29) is 12.4 Å². The van der Waals surface area contributed by atoms with Gasteiger partial charge in [0.2, 0.25) is 5.62 Å². The normalized spacial score (nSPS) is 12.1. The van der Waals surface area contributed by atoms with Gasteiger partial charge >= 0.3 is 0 Å². The van der Waals surface area contributed by atoms with Gasteiger partial charge in [-0.1, -0.05) is 48.9 Å². The van der Waals surface area contributed by atoms with Crippen LogP contribution in [0.5, 0.6) is 0 Å². The zero-order chi connectivity index (χ0) is 16.4. The van der Waals surface area contributed by atoms with E-state index in [1.807, 2.05) is 64.6 Å². The van der Waals surface area contributed by atoms with Crippen LogP contribution in [-0.2, 0) is 13.1 Å². The van der Waals surface area contributed by atoms with Crippen molar-refractivity contribution in [2.75, 3.05) is 0 Å². The maximum atomic E-state index is 10.6. The van der Waals surface area contributed by atoms with E-state index in [0.717, 1.165) is 29.6 Å². The smallest absolute Gasteiger partial charge is 0.203 e. The van der Waals surface area contributed by atoms with Crippen molar-refractivity contribution in [3.63, 3.8) is 0 Å². The van der Waals surface area contributed by atoms with E-state index in [0.29, 0.717) is 12.2 Å². The molecule has 0 spiro atoms. The number of aryl methyl sites for hydroxylation is 2. The summed E-state index contributed by atoms with van der Waals surface area (Å²) in [6.07, 6.45) is 0.357. The van der Waals surface area contributed by atoms with Gasteiger partial charge in [0.1, 0.15) is 0 Å². The number of aromatic nitrogens is 2. The molecule has 0 bridgehead atoms. The molecular formula is C19H24ClN3O. The average molecular weight is 346 g/mol. The number of fused-ring (bicyclic) bond motifs is 1. The van der Waals surface area contributed by atoms with E-state index >= 15 is 0 Å². The third-order valence-corrected chi connectivity index (χ3v) is 4.24. The summed E-state index contributed by atoms with van der Waals surface area (Å²) in [6.45, 7) is 5.34. The Morgan fingerprint density at radius 1 is 1.00 bits per heavy atom. The summed E-state index contributed by atoms with van der Waals surface area (Å²) in [5.41, 5.74) is 4.55. The number of nitrogens with one attached hydrogen (secondary N) is 1. The Balaban J connectivity index is 0.00000208. The van der Waals surface area contributed by atoms with Crippen LogP contribution >= 0.6 is 12.4 Å². The fourth-order valence-electron chi connectivity index (χ4n) is 3.00. The minimum Gasteiger partial charge on any atom is -0.387 e. The minimum atomic E-state index is -0.620. The number of nitrogens with zero attached hydrogens (tertiary/aromatic N) is 2. The predicted molar refractivity (Wildman–Crippen MR) is 99.5 cm³/mol. The lowest BCUT2D eigenvalue weighted by Gasteiger charge is -2.13. The van der Waals surface area contributed by atoms with Crippen molar-refractivity contribution in [1.82, 2.24) is 9.13 Å². The van der Waals surface area contributed by atoms with Gasteiger partial charge in [0.15, 0.2) is 0 Å². The van der Waals surface area contributed by atoms with Gasteiger partial charge in [-0.25, -0.2) is 0 Å². The molecule has 24 heavy (non-hydrogen) atoms. The molecule has 1 heterocycles. The Morgan fingerprint density at radius 2 is 1.58 bits per heavy atom. The number of rotatable bonds is 5. The highest BCUT2D eigenvalue weighted by molar-refractivity contribution is 5.85. The van der Waals surface area contributed by atoms with E-state index in [2.05, 4.69) is 6.92 Å². The molecule has 0 amide bonds. The largest absolute Gasteiger partial charge is 0.387 e. The maximum absolute atomic E-state index is 10.6. The van der Waals surface area contributed by atoms with Crippen molar-refractivity contribution < 1.29 is 5.11 Å². The first-order valence-electron chi connectivity index (χ1n) is 8.09. The van der Waals surface area contributed by atoms with E-state index in [4.69, 9.17) is 5.41 Å². The molecule has 4 nitrogen and oxygen atoms in total. The van der Waals surface area contributed by atoms with E-state index in [9.17, 15) is 5.11 Å². The lowest BCUT2D eigenvalue weighted by atomic mass is 10.1. The third kappa shape index (κ3) is 3.40. The molecule has 0 aliphatic heterocycles. The highest BCUT2D eigenvalue weighted by atomic mass is 35.5. The van der Waals surface area contributed by atoms with Gasteiger partial charge in [-0.15, -0.1) is 12.4 Å². The molecule has 0 radical (unpaired) electrons. The predicted octanol–water partition coefficient (Wildman–Crippen LogP) is 3.80. The van der Waals surface area contributed by atoms with Crippen LogP contribution in [0.4, 0.5) is 0 Å². The molecule has 1 unspecified atom stereocenters. The van der Waals surface area contributed by atoms with E-state index in [1.54, 1.807) is 0 Å². The third-order valence-electron chi connectivity index (χ3n) is 4.24. The van der Waals surface area contributed by atoms with Crippen molar-refractivity contribution in [3.05, 3.63) is 65.3 Å². The van der Waals surface area contributed by atoms with Crippen molar-refractivity contribution >= 4 is 23.4 Å². The monoisotopic (exact) mass is 345 g/mol. The number of para-hydroxylation sites is 2. The number of imidazole rings is 1. The van der Waals surface area contributed by atoms with Crippen molar-refractivity contribution in [1.29, 1.82) is 5.41 Å². The quantitative estimate of drug-likeness (QED) is 0.726. The number of halogens is 1. The molecule has 1 atom stereocenters. The summed E-state index contributed by atoms with van der Waals surface area (Å²) in [5.74, 6) is 0. The topological polar surface area (TPSA) is 53.9 Å². The van der Waals surface area contributed by atoms with Gasteiger partial charge in [0.05, 0.1) is 23.7 Å². The molecule has 0 aliphatic rings. The summed E-state index contributed by atoms with van der Waals surface area (Å²) in [5, 5.41) is 19.1. The summed E-state index contributed by atoms with van der Waals surface area (Å²) >= 11 is 0. The number of benzene rings is 2. The SMILES string of the molecule is CCCn1c(=N)n(CC(O)c2ccc(C)cc2)c2ccccc21.Cl. The molecule has 3 rings (SSSR count). The number of hydrogen-bond donors (Lipinski definition) is 2. The Bertz CT molecular complexity index is 864. The molecule has 2 N–H and O–H groups in total. The van der Waals surface area contributed by atoms with Crippen LogP contribution < -0.4 is 5.62 Å². The second-order valence-electron chi connectivity index (χ2n) is 6.00. The number of hydrogen-bond acceptors (Lipinski definition) is 2. The molecular weight excluding hydrogens is 322 g/mol. The Labute approximate surface area is 148 Å². The lowest BCUT2D eigenvalue weighted by Crippen LogP contribution is -2.26. The van der Waals surface area contributed by atoms with Crippen molar-refractivity contribution in [2.24, 2.45) is 0 Å². The van der Waals surface area contributed by atoms with Gasteiger partial charge in [-0.05, 0) is 31.0 Å². The standard InChI is InChI=1S/C19H23N3O.ClH/c1-3-12-21-16-6-4-5-7-17(16)22(19(21)20)13-18(23)15-10-8-14(2)9-11-15;/h4-11,18,20,23H,3,12-13H2,1-2H3;1H. The highest BCUT2D eigenvalue weighted by Gasteiger charge is 2.14. The van der Waals surface area contributed by atoms with Crippen molar-refractivity contribution in [3.8, 4) is 0 Å². The second kappa shape index (κ2) is 7.69. The Hall–Kier alpha value is -2.04. The number of aliphatic hydroxyl groups is 1. The average Bonchev–Trinajstić information content (AvgIpc) is 2.82. The first-order valence-corrected chi connectivity index (χ1v) is 8.09. The van der Waals surface area contributed by atoms with Crippen LogP contribution in [0.2, 0.25) is 0 Å². The van der Waals surface area contributed by atoms with Crippen molar-refractivity contribution in [2.45, 2.75) is 39.5 Å². The van der Waals surface area contributed by atoms with Crippen LogP contribution in [0.1, 0.15) is 30.6 Å². The molecule has 3 aromatic rings. The van der Waals surface area contributed by atoms with Crippen LogP contribution in [0.25, 0.3) is 11.0 Å². The lowest BCUT2D eigenvalue weighted by molar-refractivity contribution is 0.155. The molecule has 0 saturated heterocycles. The minimum absolute atomic E-state index is 0. The molecule has 0 aliphatic carbocycles. The highest BCUT2D eigenvalue weighted by Crippen LogP contribution is 2.19. The Morgan fingerprint density at radius 3 is 2.17 bits per heavy atom. The molecule has 128 valence electrons. The summed E-state index contributed by atoms with van der Waals surface area (Å²) < 4.78 is 3.91. The van der Waals surface area contributed by atoms with Gasteiger partial charge in [-0.2, -0.15) is 0 Å². The van der Waals surface area contributed by atoms with Crippen LogP contribution in [0.15, 0.2) is 48.5 Å². The fourth-order valence-corrected chi connectivity index (χ4v) is 3.00. The van der Waals surface area contributed by atoms with Crippen LogP contribution in [0, 0.1) is 12.3 Å².